The van der Waals surface area contributed by atoms with E-state index in [0.717, 1.165) is 21.4 Å². The lowest BCUT2D eigenvalue weighted by molar-refractivity contribution is 0.428. The first kappa shape index (κ1) is 10.5. The van der Waals surface area contributed by atoms with Crippen molar-refractivity contribution in [3.05, 3.63) is 40.2 Å². The van der Waals surface area contributed by atoms with Crippen molar-refractivity contribution in [2.45, 2.75) is 0 Å². The molecule has 0 bridgehead atoms. The molecule has 90 valence electrons. The molecule has 18 heavy (non-hydrogen) atoms. The molecule has 0 radical (unpaired) electrons. The minimum Gasteiger partial charge on any atom is -0.493 e. The molecule has 3 rings (SSSR count). The van der Waals surface area contributed by atoms with E-state index in [1.54, 1.807) is 30.8 Å². The van der Waals surface area contributed by atoms with Gasteiger partial charge in [0.25, 0.3) is 0 Å². The lowest BCUT2D eigenvalue weighted by Gasteiger charge is -1.98. The Morgan fingerprint density at radius 1 is 1.50 bits per heavy atom. The van der Waals surface area contributed by atoms with Gasteiger partial charge >= 0.3 is 5.69 Å². The number of aromatic amines is 1. The number of nitrogens with zero attached hydrogens (tertiary/aromatic N) is 3. The third kappa shape index (κ3) is 1.46. The first-order valence-electron chi connectivity index (χ1n) is 5.35. The van der Waals surface area contributed by atoms with E-state index >= 15 is 0 Å². The summed E-state index contributed by atoms with van der Waals surface area (Å²) in [6.07, 6.45) is 6.72. The van der Waals surface area contributed by atoms with Gasteiger partial charge in [-0.15, -0.1) is 0 Å². The molecule has 0 aromatic carbocycles. The van der Waals surface area contributed by atoms with Gasteiger partial charge in [0, 0.05) is 36.8 Å². The van der Waals surface area contributed by atoms with Crippen LogP contribution in [0.1, 0.15) is 11.3 Å². The molecule has 0 saturated heterocycles. The SMILES string of the molecule is Cn1c(O)c(/C=C2\C=Nc3ccncc32)[nH]c1=O. The van der Waals surface area contributed by atoms with Crippen LogP contribution >= 0.6 is 0 Å². The molecule has 0 aliphatic carbocycles. The van der Waals surface area contributed by atoms with Gasteiger partial charge < -0.3 is 10.1 Å². The van der Waals surface area contributed by atoms with E-state index in [1.807, 2.05) is 0 Å². The summed E-state index contributed by atoms with van der Waals surface area (Å²) in [7, 11) is 1.49. The maximum absolute atomic E-state index is 11.4. The van der Waals surface area contributed by atoms with Gasteiger partial charge in [0.05, 0.1) is 5.69 Å². The van der Waals surface area contributed by atoms with Gasteiger partial charge in [-0.1, -0.05) is 0 Å². The standard InChI is InChI=1S/C12H10N4O2/c1-16-11(17)10(15-12(16)18)4-7-5-14-9-2-3-13-6-8(7)9/h2-6,17H,1H3,(H,15,18)/b7-4+. The summed E-state index contributed by atoms with van der Waals surface area (Å²) in [4.78, 5) is 22.2. The smallest absolute Gasteiger partial charge is 0.328 e. The van der Waals surface area contributed by atoms with Crippen LogP contribution in [-0.4, -0.2) is 25.9 Å². The predicted molar refractivity (Wildman–Crippen MR) is 68.0 cm³/mol. The average Bonchev–Trinajstić information content (AvgIpc) is 2.89. The number of aromatic nitrogens is 3. The second-order valence-corrected chi connectivity index (χ2v) is 3.98. The van der Waals surface area contributed by atoms with Gasteiger partial charge in [-0.2, -0.15) is 0 Å². The number of allylic oxidation sites excluding steroid dienone is 1. The Morgan fingerprint density at radius 2 is 2.33 bits per heavy atom. The van der Waals surface area contributed by atoms with Gasteiger partial charge in [-0.25, -0.2) is 4.79 Å². The first-order valence-corrected chi connectivity index (χ1v) is 5.35. The van der Waals surface area contributed by atoms with Gasteiger partial charge in [0.2, 0.25) is 5.88 Å². The highest BCUT2D eigenvalue weighted by Gasteiger charge is 2.14. The predicted octanol–water partition coefficient (Wildman–Crippen LogP) is 1.07. The zero-order chi connectivity index (χ0) is 12.7. The van der Waals surface area contributed by atoms with Crippen LogP contribution in [0, 0.1) is 0 Å². The fraction of sp³-hybridized carbons (Fsp3) is 0.0833. The van der Waals surface area contributed by atoms with Crippen LogP contribution in [0.5, 0.6) is 5.88 Å². The highest BCUT2D eigenvalue weighted by Crippen LogP contribution is 2.31. The van der Waals surface area contributed by atoms with Crippen molar-refractivity contribution in [3.8, 4) is 5.88 Å². The van der Waals surface area contributed by atoms with Gasteiger partial charge in [0.1, 0.15) is 5.69 Å². The fourth-order valence-electron chi connectivity index (χ4n) is 1.83. The molecule has 2 aromatic heterocycles. The third-order valence-electron chi connectivity index (χ3n) is 2.86. The molecule has 0 unspecified atom stereocenters. The van der Waals surface area contributed by atoms with E-state index in [2.05, 4.69) is 15.0 Å². The van der Waals surface area contributed by atoms with Crippen LogP contribution < -0.4 is 5.69 Å². The molecular formula is C12H10N4O2. The third-order valence-corrected chi connectivity index (χ3v) is 2.86. The van der Waals surface area contributed by atoms with E-state index < -0.39 is 0 Å². The topological polar surface area (TPSA) is 83.3 Å². The molecule has 0 spiro atoms. The summed E-state index contributed by atoms with van der Waals surface area (Å²) < 4.78 is 1.14. The summed E-state index contributed by atoms with van der Waals surface area (Å²) in [5.41, 5.74) is 2.51. The lowest BCUT2D eigenvalue weighted by Crippen LogP contribution is -2.11. The summed E-state index contributed by atoms with van der Waals surface area (Å²) >= 11 is 0. The molecule has 6 nitrogen and oxygen atoms in total. The Morgan fingerprint density at radius 3 is 3.06 bits per heavy atom. The highest BCUT2D eigenvalue weighted by atomic mass is 16.3. The monoisotopic (exact) mass is 242 g/mol. The molecule has 0 amide bonds. The Hall–Kier alpha value is -2.63. The molecule has 2 aromatic rings. The number of nitrogens with one attached hydrogen (secondary N) is 1. The molecular weight excluding hydrogens is 232 g/mol. The zero-order valence-corrected chi connectivity index (χ0v) is 9.58. The van der Waals surface area contributed by atoms with Crippen molar-refractivity contribution in [2.24, 2.45) is 12.0 Å². The molecule has 3 heterocycles. The number of hydrogen-bond donors (Lipinski definition) is 2. The molecule has 0 atom stereocenters. The van der Waals surface area contributed by atoms with Crippen LogP contribution in [0.2, 0.25) is 0 Å². The van der Waals surface area contributed by atoms with E-state index in [4.69, 9.17) is 0 Å². The number of pyridine rings is 1. The summed E-state index contributed by atoms with van der Waals surface area (Å²) in [5, 5.41) is 9.75. The van der Waals surface area contributed by atoms with Crippen LogP contribution in [-0.2, 0) is 7.05 Å². The van der Waals surface area contributed by atoms with E-state index in [-0.39, 0.29) is 11.6 Å². The van der Waals surface area contributed by atoms with Gasteiger partial charge in [0.15, 0.2) is 0 Å². The maximum Gasteiger partial charge on any atom is 0.328 e. The Labute approximate surface area is 102 Å². The molecule has 0 saturated carbocycles. The summed E-state index contributed by atoms with van der Waals surface area (Å²) in [5.74, 6) is -0.0989. The van der Waals surface area contributed by atoms with E-state index in [1.165, 1.54) is 7.05 Å². The van der Waals surface area contributed by atoms with Crippen molar-refractivity contribution < 1.29 is 5.11 Å². The molecule has 0 fully saturated rings. The second kappa shape index (κ2) is 3.69. The molecule has 2 N–H and O–H groups in total. The number of fused-ring (bicyclic) bond motifs is 1. The van der Waals surface area contributed by atoms with Crippen LogP contribution in [0.15, 0.2) is 28.2 Å². The Balaban J connectivity index is 2.12. The number of rotatable bonds is 1. The first-order chi connectivity index (χ1) is 8.66. The van der Waals surface area contributed by atoms with Gasteiger partial charge in [-0.3, -0.25) is 14.5 Å². The van der Waals surface area contributed by atoms with Crippen molar-refractivity contribution in [1.82, 2.24) is 14.5 Å². The minimum atomic E-state index is -0.360. The number of hydrogen-bond acceptors (Lipinski definition) is 4. The van der Waals surface area contributed by atoms with Crippen molar-refractivity contribution in [3.63, 3.8) is 0 Å². The van der Waals surface area contributed by atoms with Crippen molar-refractivity contribution in [2.75, 3.05) is 0 Å². The minimum absolute atomic E-state index is 0.0989. The summed E-state index contributed by atoms with van der Waals surface area (Å²) in [6.45, 7) is 0. The number of imidazole rings is 1. The number of aliphatic imine (C=N–C) groups is 1. The molecule has 1 aliphatic rings. The van der Waals surface area contributed by atoms with Crippen LogP contribution in [0.25, 0.3) is 11.6 Å². The Kier molecular flexibility index (Phi) is 2.16. The largest absolute Gasteiger partial charge is 0.493 e. The van der Waals surface area contributed by atoms with Crippen LogP contribution in [0.4, 0.5) is 5.69 Å². The lowest BCUT2D eigenvalue weighted by atomic mass is 10.1. The summed E-state index contributed by atoms with van der Waals surface area (Å²) in [6, 6.07) is 1.81. The Bertz CT molecular complexity index is 737. The maximum atomic E-state index is 11.4. The van der Waals surface area contributed by atoms with Gasteiger partial charge in [-0.05, 0) is 12.1 Å². The normalized spacial score (nSPS) is 15.3. The molecule has 1 aliphatic heterocycles. The van der Waals surface area contributed by atoms with E-state index in [9.17, 15) is 9.90 Å². The number of H-pyrrole nitrogens is 1. The average molecular weight is 242 g/mol. The highest BCUT2D eigenvalue weighted by molar-refractivity contribution is 6.21. The van der Waals surface area contributed by atoms with Crippen LogP contribution in [0.3, 0.4) is 0 Å². The quantitative estimate of drug-likeness (QED) is 0.784. The zero-order valence-electron chi connectivity index (χ0n) is 9.58. The van der Waals surface area contributed by atoms with Crippen molar-refractivity contribution >= 4 is 23.6 Å². The van der Waals surface area contributed by atoms with Crippen molar-refractivity contribution in [1.29, 1.82) is 0 Å². The second-order valence-electron chi connectivity index (χ2n) is 3.98. The fourth-order valence-corrected chi connectivity index (χ4v) is 1.83. The molecule has 6 heteroatoms. The van der Waals surface area contributed by atoms with E-state index in [0.29, 0.717) is 5.69 Å². The number of aromatic hydroxyl groups is 1.